The summed E-state index contributed by atoms with van der Waals surface area (Å²) in [5.41, 5.74) is 7.48. The minimum Gasteiger partial charge on any atom is -0.489 e. The Hall–Kier alpha value is -2.08. The molecule has 0 saturated carbocycles. The van der Waals surface area contributed by atoms with Crippen LogP contribution < -0.4 is 15.8 Å². The molecule has 5 nitrogen and oxygen atoms in total. The van der Waals surface area contributed by atoms with E-state index in [0.717, 1.165) is 5.56 Å². The number of hydrogen-bond acceptors (Lipinski definition) is 4. The highest BCUT2D eigenvalue weighted by Crippen LogP contribution is 2.20. The van der Waals surface area contributed by atoms with Crippen molar-refractivity contribution in [1.29, 1.82) is 0 Å². The molecule has 26 heavy (non-hydrogen) atoms. The highest BCUT2D eigenvalue weighted by molar-refractivity contribution is 5.85. The van der Waals surface area contributed by atoms with Crippen LogP contribution in [0.4, 0.5) is 0 Å². The van der Waals surface area contributed by atoms with Crippen molar-refractivity contribution in [1.82, 2.24) is 5.32 Å². The monoisotopic (exact) mass is 378 g/mol. The van der Waals surface area contributed by atoms with Gasteiger partial charge >= 0.3 is 0 Å². The van der Waals surface area contributed by atoms with Crippen LogP contribution in [-0.2, 0) is 11.4 Å². The van der Waals surface area contributed by atoms with E-state index in [1.54, 1.807) is 26.0 Å². The molecule has 0 aliphatic rings. The molecule has 0 saturated heterocycles. The predicted octanol–water partition coefficient (Wildman–Crippen LogP) is 2.82. The van der Waals surface area contributed by atoms with Crippen molar-refractivity contribution in [3.05, 3.63) is 65.7 Å². The number of aliphatic hydroxyl groups is 1. The van der Waals surface area contributed by atoms with Gasteiger partial charge in [-0.15, -0.1) is 12.4 Å². The third-order valence-electron chi connectivity index (χ3n) is 4.16. The molecule has 0 spiro atoms. The number of carbonyl (C=O) groups is 1. The lowest BCUT2D eigenvalue weighted by molar-refractivity contribution is -0.125. The Morgan fingerprint density at radius 3 is 2.50 bits per heavy atom. The maximum Gasteiger partial charge on any atom is 0.224 e. The van der Waals surface area contributed by atoms with E-state index in [2.05, 4.69) is 5.32 Å². The van der Waals surface area contributed by atoms with Crippen molar-refractivity contribution in [3.63, 3.8) is 0 Å². The Balaban J connectivity index is 0.00000338. The molecule has 2 aromatic carbocycles. The number of ether oxygens (including phenoxy) is 1. The Kier molecular flexibility index (Phi) is 9.13. The van der Waals surface area contributed by atoms with Crippen LogP contribution in [0.1, 0.15) is 31.1 Å². The van der Waals surface area contributed by atoms with E-state index in [1.165, 1.54) is 0 Å². The average Bonchev–Trinajstić information content (AvgIpc) is 2.64. The number of nitrogens with two attached hydrogens (primary N) is 1. The lowest BCUT2D eigenvalue weighted by Crippen LogP contribution is -2.40. The molecule has 2 aromatic rings. The van der Waals surface area contributed by atoms with Crippen molar-refractivity contribution in [3.8, 4) is 5.75 Å². The molecule has 6 heteroatoms. The van der Waals surface area contributed by atoms with Crippen LogP contribution in [-0.4, -0.2) is 23.6 Å². The van der Waals surface area contributed by atoms with E-state index in [1.807, 2.05) is 42.5 Å². The van der Waals surface area contributed by atoms with Gasteiger partial charge in [-0.25, -0.2) is 0 Å². The van der Waals surface area contributed by atoms with E-state index < -0.39 is 6.10 Å². The fraction of sp³-hybridized carbons (Fsp3) is 0.350. The summed E-state index contributed by atoms with van der Waals surface area (Å²) in [6.45, 7) is 4.15. The van der Waals surface area contributed by atoms with Crippen molar-refractivity contribution >= 4 is 18.3 Å². The van der Waals surface area contributed by atoms with E-state index in [4.69, 9.17) is 10.5 Å². The van der Waals surface area contributed by atoms with Gasteiger partial charge in [0, 0.05) is 18.5 Å². The lowest BCUT2D eigenvalue weighted by atomic mass is 10.0. The summed E-state index contributed by atoms with van der Waals surface area (Å²) >= 11 is 0. The molecule has 142 valence electrons. The van der Waals surface area contributed by atoms with Gasteiger partial charge in [-0.2, -0.15) is 0 Å². The van der Waals surface area contributed by atoms with Crippen LogP contribution in [0.15, 0.2) is 54.6 Å². The third-order valence-corrected chi connectivity index (χ3v) is 4.16. The predicted molar refractivity (Wildman–Crippen MR) is 105 cm³/mol. The van der Waals surface area contributed by atoms with E-state index in [0.29, 0.717) is 17.9 Å². The Labute approximate surface area is 161 Å². The summed E-state index contributed by atoms with van der Waals surface area (Å²) in [5.74, 6) is 0.217. The minimum absolute atomic E-state index is 0. The molecule has 3 atom stereocenters. The van der Waals surface area contributed by atoms with Gasteiger partial charge in [-0.05, 0) is 30.2 Å². The molecule has 0 fully saturated rings. The molecule has 2 rings (SSSR count). The fourth-order valence-corrected chi connectivity index (χ4v) is 2.27. The molecule has 1 amide bonds. The van der Waals surface area contributed by atoms with Gasteiger partial charge in [0.15, 0.2) is 0 Å². The van der Waals surface area contributed by atoms with E-state index >= 15 is 0 Å². The standard InChI is InChI=1S/C20H26N2O3.ClH/c1-14(15(2)21)20(24)22-12-19(23)17-9-6-10-18(11-17)25-13-16-7-4-3-5-8-16;/h3-11,14-15,19,23H,12-13,21H2,1-2H3,(H,22,24);1H. The summed E-state index contributed by atoms with van der Waals surface area (Å²) in [7, 11) is 0. The summed E-state index contributed by atoms with van der Waals surface area (Å²) in [6, 6.07) is 16.9. The second-order valence-corrected chi connectivity index (χ2v) is 6.26. The molecule has 0 aromatic heterocycles. The smallest absolute Gasteiger partial charge is 0.224 e. The Morgan fingerprint density at radius 1 is 1.15 bits per heavy atom. The lowest BCUT2D eigenvalue weighted by Gasteiger charge is -2.18. The number of amides is 1. The first-order valence-electron chi connectivity index (χ1n) is 8.45. The first kappa shape index (κ1) is 22.0. The number of rotatable bonds is 8. The van der Waals surface area contributed by atoms with Crippen molar-refractivity contribution in [2.75, 3.05) is 6.54 Å². The number of carbonyl (C=O) groups excluding carboxylic acids is 1. The summed E-state index contributed by atoms with van der Waals surface area (Å²) in [5, 5.41) is 13.0. The summed E-state index contributed by atoms with van der Waals surface area (Å²) < 4.78 is 5.76. The molecule has 0 heterocycles. The normalized spacial score (nSPS) is 13.8. The molecule has 3 unspecified atom stereocenters. The van der Waals surface area contributed by atoms with Crippen molar-refractivity contribution < 1.29 is 14.6 Å². The second-order valence-electron chi connectivity index (χ2n) is 6.26. The van der Waals surface area contributed by atoms with Crippen LogP contribution in [0.25, 0.3) is 0 Å². The molecule has 0 aliphatic heterocycles. The molecule has 0 aliphatic carbocycles. The molecular weight excluding hydrogens is 352 g/mol. The van der Waals surface area contributed by atoms with E-state index in [-0.39, 0.29) is 36.8 Å². The zero-order chi connectivity index (χ0) is 18.2. The quantitative estimate of drug-likeness (QED) is 0.659. The fourth-order valence-electron chi connectivity index (χ4n) is 2.27. The van der Waals surface area contributed by atoms with E-state index in [9.17, 15) is 9.90 Å². The van der Waals surface area contributed by atoms with Gasteiger partial charge in [-0.1, -0.05) is 49.4 Å². The minimum atomic E-state index is -0.801. The SMILES string of the molecule is CC(N)C(C)C(=O)NCC(O)c1cccc(OCc2ccccc2)c1.Cl. The zero-order valence-corrected chi connectivity index (χ0v) is 15.9. The molecule has 0 bridgehead atoms. The van der Waals surface area contributed by atoms with Gasteiger partial charge in [0.2, 0.25) is 5.91 Å². The summed E-state index contributed by atoms with van der Waals surface area (Å²) in [6.07, 6.45) is -0.801. The van der Waals surface area contributed by atoms with Crippen molar-refractivity contribution in [2.45, 2.75) is 32.6 Å². The van der Waals surface area contributed by atoms with Crippen LogP contribution in [0, 0.1) is 5.92 Å². The first-order valence-corrected chi connectivity index (χ1v) is 8.45. The van der Waals surface area contributed by atoms with Gasteiger partial charge in [0.25, 0.3) is 0 Å². The average molecular weight is 379 g/mol. The third kappa shape index (κ3) is 6.67. The number of benzene rings is 2. The molecule has 0 radical (unpaired) electrons. The van der Waals surface area contributed by atoms with Gasteiger partial charge < -0.3 is 20.9 Å². The van der Waals surface area contributed by atoms with Crippen LogP contribution in [0.5, 0.6) is 5.75 Å². The number of halogens is 1. The first-order chi connectivity index (χ1) is 12.0. The van der Waals surface area contributed by atoms with Crippen LogP contribution >= 0.6 is 12.4 Å². The van der Waals surface area contributed by atoms with Gasteiger partial charge in [0.1, 0.15) is 12.4 Å². The van der Waals surface area contributed by atoms with Gasteiger partial charge in [0.05, 0.1) is 6.10 Å². The Morgan fingerprint density at radius 2 is 1.85 bits per heavy atom. The topological polar surface area (TPSA) is 84.6 Å². The number of aliphatic hydroxyl groups excluding tert-OH is 1. The zero-order valence-electron chi connectivity index (χ0n) is 15.1. The van der Waals surface area contributed by atoms with Crippen LogP contribution in [0.2, 0.25) is 0 Å². The highest BCUT2D eigenvalue weighted by Gasteiger charge is 2.18. The maximum atomic E-state index is 11.9. The second kappa shape index (κ2) is 10.8. The molecule has 4 N–H and O–H groups in total. The largest absolute Gasteiger partial charge is 0.489 e. The van der Waals surface area contributed by atoms with Gasteiger partial charge in [-0.3, -0.25) is 4.79 Å². The van der Waals surface area contributed by atoms with Crippen molar-refractivity contribution in [2.24, 2.45) is 11.7 Å². The highest BCUT2D eigenvalue weighted by atomic mass is 35.5. The number of nitrogens with one attached hydrogen (secondary N) is 1. The number of hydrogen-bond donors (Lipinski definition) is 3. The molecular formula is C20H27ClN2O3. The summed E-state index contributed by atoms with van der Waals surface area (Å²) in [4.78, 5) is 11.9. The Bertz CT molecular complexity index is 680. The maximum absolute atomic E-state index is 11.9. The van der Waals surface area contributed by atoms with Crippen LogP contribution in [0.3, 0.4) is 0 Å².